The van der Waals surface area contributed by atoms with E-state index in [-0.39, 0.29) is 24.0 Å². The summed E-state index contributed by atoms with van der Waals surface area (Å²) in [5.74, 6) is 2.15. The van der Waals surface area contributed by atoms with Gasteiger partial charge in [-0.2, -0.15) is 11.8 Å². The van der Waals surface area contributed by atoms with E-state index in [1.165, 1.54) is 5.69 Å². The zero-order chi connectivity index (χ0) is 14.9. The van der Waals surface area contributed by atoms with Crippen molar-refractivity contribution in [2.24, 2.45) is 4.99 Å². The minimum absolute atomic E-state index is 0. The molecule has 124 valence electrons. The normalized spacial score (nSPS) is 15.5. The molecule has 1 aliphatic rings. The quantitative estimate of drug-likeness (QED) is 0.334. The summed E-state index contributed by atoms with van der Waals surface area (Å²) in [7, 11) is 0. The number of rotatable bonds is 5. The molecule has 0 aromatic heterocycles. The van der Waals surface area contributed by atoms with Crippen LogP contribution in [0.4, 0.5) is 5.69 Å². The lowest BCUT2D eigenvalue weighted by molar-refractivity contribution is 0.373. The molecule has 0 amide bonds. The lowest BCUT2D eigenvalue weighted by atomic mass is 10.2. The maximum Gasteiger partial charge on any atom is 0.194 e. The molecule has 0 spiro atoms. The molecule has 0 radical (unpaired) electrons. The SMILES string of the molecule is CCNC(=NCCSC)N1CCN(c2ccccc2)CC1.I. The van der Waals surface area contributed by atoms with E-state index in [0.717, 1.165) is 51.0 Å². The number of hydrogen-bond acceptors (Lipinski definition) is 3. The fourth-order valence-corrected chi connectivity index (χ4v) is 2.76. The van der Waals surface area contributed by atoms with Gasteiger partial charge in [0.15, 0.2) is 5.96 Å². The van der Waals surface area contributed by atoms with Crippen LogP contribution in [0.15, 0.2) is 35.3 Å². The summed E-state index contributed by atoms with van der Waals surface area (Å²) in [5.41, 5.74) is 1.32. The van der Waals surface area contributed by atoms with Crippen LogP contribution >= 0.6 is 35.7 Å². The lowest BCUT2D eigenvalue weighted by Crippen LogP contribution is -2.52. The molecule has 0 unspecified atom stereocenters. The number of thioether (sulfide) groups is 1. The Labute approximate surface area is 155 Å². The first-order valence-corrected chi connectivity index (χ1v) is 9.06. The number of nitrogens with zero attached hydrogens (tertiary/aromatic N) is 3. The van der Waals surface area contributed by atoms with E-state index >= 15 is 0 Å². The highest BCUT2D eigenvalue weighted by molar-refractivity contribution is 14.0. The van der Waals surface area contributed by atoms with Gasteiger partial charge in [0.1, 0.15) is 0 Å². The molecule has 2 rings (SSSR count). The van der Waals surface area contributed by atoms with E-state index < -0.39 is 0 Å². The van der Waals surface area contributed by atoms with Crippen LogP contribution in [0.3, 0.4) is 0 Å². The lowest BCUT2D eigenvalue weighted by Gasteiger charge is -2.37. The number of halogens is 1. The highest BCUT2D eigenvalue weighted by Crippen LogP contribution is 2.15. The zero-order valence-electron chi connectivity index (χ0n) is 13.5. The predicted molar refractivity (Wildman–Crippen MR) is 110 cm³/mol. The molecule has 1 saturated heterocycles. The Morgan fingerprint density at radius 2 is 1.86 bits per heavy atom. The molecule has 6 heteroatoms. The first-order chi connectivity index (χ1) is 10.3. The molecule has 1 N–H and O–H groups in total. The van der Waals surface area contributed by atoms with Gasteiger partial charge in [0.2, 0.25) is 0 Å². The second kappa shape index (κ2) is 11.0. The van der Waals surface area contributed by atoms with Crippen molar-refractivity contribution in [3.63, 3.8) is 0 Å². The van der Waals surface area contributed by atoms with Crippen LogP contribution in [-0.2, 0) is 0 Å². The summed E-state index contributed by atoms with van der Waals surface area (Å²) in [6, 6.07) is 10.7. The van der Waals surface area contributed by atoms with Gasteiger partial charge in [-0.15, -0.1) is 24.0 Å². The van der Waals surface area contributed by atoms with Crippen LogP contribution in [0.5, 0.6) is 0 Å². The maximum atomic E-state index is 4.72. The Bertz CT molecular complexity index is 433. The molecule has 1 aromatic carbocycles. The summed E-state index contributed by atoms with van der Waals surface area (Å²) in [5, 5.41) is 3.41. The van der Waals surface area contributed by atoms with Crippen LogP contribution in [0, 0.1) is 0 Å². The van der Waals surface area contributed by atoms with E-state index in [4.69, 9.17) is 4.99 Å². The van der Waals surface area contributed by atoms with Crippen LogP contribution in [0.25, 0.3) is 0 Å². The third-order valence-corrected chi connectivity index (χ3v) is 4.18. The van der Waals surface area contributed by atoms with Crippen molar-refractivity contribution in [2.75, 3.05) is 56.2 Å². The first-order valence-electron chi connectivity index (χ1n) is 7.67. The second-order valence-corrected chi connectivity index (χ2v) is 6.02. The number of aliphatic imine (C=N–C) groups is 1. The number of para-hydroxylation sites is 1. The fourth-order valence-electron chi connectivity index (χ4n) is 2.48. The van der Waals surface area contributed by atoms with E-state index in [0.29, 0.717) is 0 Å². The molecule has 0 bridgehead atoms. The van der Waals surface area contributed by atoms with Gasteiger partial charge in [-0.05, 0) is 25.3 Å². The maximum absolute atomic E-state index is 4.72. The summed E-state index contributed by atoms with van der Waals surface area (Å²) in [6.07, 6.45) is 2.13. The van der Waals surface area contributed by atoms with Crippen molar-refractivity contribution in [1.82, 2.24) is 10.2 Å². The molecule has 1 aromatic rings. The minimum atomic E-state index is 0. The van der Waals surface area contributed by atoms with E-state index in [1.807, 2.05) is 11.8 Å². The Morgan fingerprint density at radius 1 is 1.18 bits per heavy atom. The fraction of sp³-hybridized carbons (Fsp3) is 0.562. The summed E-state index contributed by atoms with van der Waals surface area (Å²) >= 11 is 1.84. The molecular formula is C16H27IN4S. The molecule has 1 aliphatic heterocycles. The Balaban J connectivity index is 0.00000242. The first kappa shape index (κ1) is 19.4. The highest BCUT2D eigenvalue weighted by atomic mass is 127. The topological polar surface area (TPSA) is 30.9 Å². The Kier molecular flexibility index (Phi) is 9.70. The summed E-state index contributed by atoms with van der Waals surface area (Å²) in [6.45, 7) is 8.11. The molecule has 0 aliphatic carbocycles. The summed E-state index contributed by atoms with van der Waals surface area (Å²) < 4.78 is 0. The zero-order valence-corrected chi connectivity index (χ0v) is 16.6. The van der Waals surface area contributed by atoms with E-state index in [2.05, 4.69) is 58.6 Å². The van der Waals surface area contributed by atoms with Crippen molar-refractivity contribution in [1.29, 1.82) is 0 Å². The van der Waals surface area contributed by atoms with Gasteiger partial charge in [0.05, 0.1) is 6.54 Å². The average Bonchev–Trinajstić information content (AvgIpc) is 2.55. The Hall–Kier alpha value is -0.630. The molecule has 4 nitrogen and oxygen atoms in total. The van der Waals surface area contributed by atoms with Gasteiger partial charge in [-0.3, -0.25) is 4.99 Å². The minimum Gasteiger partial charge on any atom is -0.368 e. The monoisotopic (exact) mass is 434 g/mol. The van der Waals surface area contributed by atoms with Crippen molar-refractivity contribution in [2.45, 2.75) is 6.92 Å². The Morgan fingerprint density at radius 3 is 2.45 bits per heavy atom. The molecular weight excluding hydrogens is 407 g/mol. The van der Waals surface area contributed by atoms with Crippen molar-refractivity contribution < 1.29 is 0 Å². The van der Waals surface area contributed by atoms with Crippen LogP contribution < -0.4 is 10.2 Å². The van der Waals surface area contributed by atoms with Gasteiger partial charge >= 0.3 is 0 Å². The third kappa shape index (κ3) is 5.87. The largest absolute Gasteiger partial charge is 0.368 e. The van der Waals surface area contributed by atoms with Crippen molar-refractivity contribution >= 4 is 47.4 Å². The highest BCUT2D eigenvalue weighted by Gasteiger charge is 2.19. The number of anilines is 1. The van der Waals surface area contributed by atoms with Crippen LogP contribution in [0.1, 0.15) is 6.92 Å². The van der Waals surface area contributed by atoms with Crippen molar-refractivity contribution in [3.8, 4) is 0 Å². The average molecular weight is 434 g/mol. The molecule has 22 heavy (non-hydrogen) atoms. The van der Waals surface area contributed by atoms with Crippen LogP contribution in [0.2, 0.25) is 0 Å². The number of nitrogens with one attached hydrogen (secondary N) is 1. The molecule has 1 heterocycles. The van der Waals surface area contributed by atoms with E-state index in [1.54, 1.807) is 0 Å². The van der Waals surface area contributed by atoms with E-state index in [9.17, 15) is 0 Å². The predicted octanol–water partition coefficient (Wildman–Crippen LogP) is 2.76. The van der Waals surface area contributed by atoms with Crippen molar-refractivity contribution in [3.05, 3.63) is 30.3 Å². The van der Waals surface area contributed by atoms with Gasteiger partial charge in [-0.1, -0.05) is 18.2 Å². The summed E-state index contributed by atoms with van der Waals surface area (Å²) in [4.78, 5) is 9.54. The van der Waals surface area contributed by atoms with Gasteiger partial charge < -0.3 is 15.1 Å². The second-order valence-electron chi connectivity index (χ2n) is 5.04. The molecule has 1 fully saturated rings. The molecule has 0 saturated carbocycles. The number of guanidine groups is 1. The van der Waals surface area contributed by atoms with Crippen LogP contribution in [-0.4, -0.2) is 62.1 Å². The van der Waals surface area contributed by atoms with Gasteiger partial charge in [-0.25, -0.2) is 0 Å². The molecule has 0 atom stereocenters. The smallest absolute Gasteiger partial charge is 0.194 e. The van der Waals surface area contributed by atoms with Gasteiger partial charge in [0, 0.05) is 44.2 Å². The number of benzene rings is 1. The number of piperazine rings is 1. The number of hydrogen-bond donors (Lipinski definition) is 1. The third-order valence-electron chi connectivity index (χ3n) is 3.59. The van der Waals surface area contributed by atoms with Gasteiger partial charge in [0.25, 0.3) is 0 Å². The standard InChI is InChI=1S/C16H26N4S.HI/c1-3-17-16(18-9-14-21-2)20-12-10-19(11-13-20)15-7-5-4-6-8-15;/h4-8H,3,9-14H2,1-2H3,(H,17,18);1H.